The Morgan fingerprint density at radius 3 is 2.43 bits per heavy atom. The molecule has 0 aliphatic heterocycles. The average molecular weight is 314 g/mol. The minimum absolute atomic E-state index is 0.0435. The Morgan fingerprint density at radius 1 is 1.05 bits per heavy atom. The van der Waals surface area contributed by atoms with Crippen molar-refractivity contribution >= 4 is 11.6 Å². The third-order valence-corrected chi connectivity index (χ3v) is 3.54. The molecule has 2 rings (SSSR count). The monoisotopic (exact) mass is 313 g/mol. The predicted octanol–water partition coefficient (Wildman–Crippen LogP) is 4.65. The maximum absolute atomic E-state index is 13.7. The van der Waals surface area contributed by atoms with Gasteiger partial charge in [-0.05, 0) is 42.3 Å². The van der Waals surface area contributed by atoms with E-state index < -0.39 is 17.5 Å². The topological polar surface area (TPSA) is 12.0 Å². The molecule has 0 fully saturated rings. The normalized spacial score (nSPS) is 12.4. The van der Waals surface area contributed by atoms with Crippen molar-refractivity contribution in [3.8, 4) is 0 Å². The van der Waals surface area contributed by atoms with Crippen molar-refractivity contribution in [2.24, 2.45) is 0 Å². The lowest BCUT2D eigenvalue weighted by Crippen LogP contribution is -2.23. The maximum atomic E-state index is 13.7. The Balaban J connectivity index is 2.28. The van der Waals surface area contributed by atoms with Crippen LogP contribution in [0.25, 0.3) is 0 Å². The summed E-state index contributed by atoms with van der Waals surface area (Å²) in [5.74, 6) is -1.74. The molecule has 1 N–H and O–H groups in total. The second kappa shape index (κ2) is 6.96. The molecule has 0 radical (unpaired) electrons. The molecule has 1 nitrogen and oxygen atoms in total. The largest absolute Gasteiger partial charge is 0.310 e. The number of hydrogen-bond donors (Lipinski definition) is 1. The molecule has 112 valence electrons. The van der Waals surface area contributed by atoms with Crippen LogP contribution in [0, 0.1) is 17.5 Å². The van der Waals surface area contributed by atoms with Crippen molar-refractivity contribution < 1.29 is 13.2 Å². The van der Waals surface area contributed by atoms with E-state index >= 15 is 0 Å². The fourth-order valence-corrected chi connectivity index (χ4v) is 2.31. The Hall–Kier alpha value is -1.52. The fraction of sp³-hybridized carbons (Fsp3) is 0.250. The lowest BCUT2D eigenvalue weighted by Gasteiger charge is -2.19. The fourth-order valence-electron chi connectivity index (χ4n) is 2.19. The van der Waals surface area contributed by atoms with Crippen LogP contribution in [0.3, 0.4) is 0 Å². The van der Waals surface area contributed by atoms with Gasteiger partial charge in [-0.15, -0.1) is 0 Å². The zero-order valence-corrected chi connectivity index (χ0v) is 12.2. The third-order valence-electron chi connectivity index (χ3n) is 3.24. The van der Waals surface area contributed by atoms with Gasteiger partial charge in [-0.1, -0.05) is 30.7 Å². The van der Waals surface area contributed by atoms with Crippen molar-refractivity contribution in [3.63, 3.8) is 0 Å². The molecule has 1 unspecified atom stereocenters. The molecule has 0 aromatic heterocycles. The first kappa shape index (κ1) is 15.9. The van der Waals surface area contributed by atoms with Crippen LogP contribution in [0.1, 0.15) is 24.1 Å². The van der Waals surface area contributed by atoms with Gasteiger partial charge in [0.05, 0.1) is 5.02 Å². The predicted molar refractivity (Wildman–Crippen MR) is 77.9 cm³/mol. The molecule has 0 spiro atoms. The van der Waals surface area contributed by atoms with Crippen molar-refractivity contribution in [1.29, 1.82) is 0 Å². The minimum Gasteiger partial charge on any atom is -0.310 e. The molecule has 0 bridgehead atoms. The summed E-state index contributed by atoms with van der Waals surface area (Å²) in [5, 5.41) is 3.21. The van der Waals surface area contributed by atoms with E-state index in [1.807, 2.05) is 6.92 Å². The number of hydrogen-bond acceptors (Lipinski definition) is 1. The zero-order chi connectivity index (χ0) is 15.4. The lowest BCUT2D eigenvalue weighted by molar-refractivity contribution is 0.517. The van der Waals surface area contributed by atoms with Crippen molar-refractivity contribution in [2.75, 3.05) is 6.54 Å². The highest BCUT2D eigenvalue weighted by Crippen LogP contribution is 2.24. The van der Waals surface area contributed by atoms with E-state index in [1.165, 1.54) is 24.3 Å². The van der Waals surface area contributed by atoms with Gasteiger partial charge in [-0.25, -0.2) is 13.2 Å². The van der Waals surface area contributed by atoms with Gasteiger partial charge in [0.1, 0.15) is 17.5 Å². The minimum atomic E-state index is -0.617. The number of benzene rings is 2. The summed E-state index contributed by atoms with van der Waals surface area (Å²) in [6.45, 7) is 2.54. The molecule has 0 amide bonds. The van der Waals surface area contributed by atoms with Crippen molar-refractivity contribution in [2.45, 2.75) is 19.4 Å². The number of halogens is 4. The third kappa shape index (κ3) is 3.99. The molecule has 21 heavy (non-hydrogen) atoms. The van der Waals surface area contributed by atoms with E-state index in [0.29, 0.717) is 24.1 Å². The first-order valence-electron chi connectivity index (χ1n) is 6.63. The molecule has 0 aliphatic carbocycles. The zero-order valence-electron chi connectivity index (χ0n) is 11.5. The lowest BCUT2D eigenvalue weighted by atomic mass is 9.98. The summed E-state index contributed by atoms with van der Waals surface area (Å²) in [6, 6.07) is 7.68. The van der Waals surface area contributed by atoms with Gasteiger partial charge < -0.3 is 5.32 Å². The second-order valence-electron chi connectivity index (χ2n) is 4.72. The first-order chi connectivity index (χ1) is 10.0. The molecule has 0 aliphatic rings. The standard InChI is InChI=1S/C16H15ClF3N/c1-2-21-16(11-4-6-13(17)15(20)7-11)8-10-3-5-12(18)9-14(10)19/h3-7,9,16,21H,2,8H2,1H3. The maximum Gasteiger partial charge on any atom is 0.142 e. The van der Waals surface area contributed by atoms with Crippen LogP contribution in [-0.2, 0) is 6.42 Å². The van der Waals surface area contributed by atoms with Gasteiger partial charge in [-0.3, -0.25) is 0 Å². The van der Waals surface area contributed by atoms with Crippen LogP contribution in [0.15, 0.2) is 36.4 Å². The van der Waals surface area contributed by atoms with Crippen LogP contribution in [-0.4, -0.2) is 6.54 Å². The molecule has 1 atom stereocenters. The van der Waals surface area contributed by atoms with Crippen molar-refractivity contribution in [3.05, 3.63) is 70.0 Å². The summed E-state index contributed by atoms with van der Waals surface area (Å²) < 4.78 is 40.2. The highest BCUT2D eigenvalue weighted by Gasteiger charge is 2.15. The Morgan fingerprint density at radius 2 is 1.81 bits per heavy atom. The van der Waals surface area contributed by atoms with E-state index in [1.54, 1.807) is 6.07 Å². The Labute approximate surface area is 126 Å². The summed E-state index contributed by atoms with van der Waals surface area (Å²) in [4.78, 5) is 0. The second-order valence-corrected chi connectivity index (χ2v) is 5.13. The number of likely N-dealkylation sites (N-methyl/N-ethyl adjacent to an activating group) is 1. The van der Waals surface area contributed by atoms with E-state index in [0.717, 1.165) is 6.07 Å². The van der Waals surface area contributed by atoms with Gasteiger partial charge in [0.2, 0.25) is 0 Å². The first-order valence-corrected chi connectivity index (χ1v) is 7.01. The highest BCUT2D eigenvalue weighted by atomic mass is 35.5. The SMILES string of the molecule is CCNC(Cc1ccc(F)cc1F)c1ccc(Cl)c(F)c1. The van der Waals surface area contributed by atoms with Crippen molar-refractivity contribution in [1.82, 2.24) is 5.32 Å². The number of rotatable bonds is 5. The Kier molecular flexibility index (Phi) is 5.26. The van der Waals surface area contributed by atoms with E-state index in [9.17, 15) is 13.2 Å². The van der Waals surface area contributed by atoms with Gasteiger partial charge >= 0.3 is 0 Å². The van der Waals surface area contributed by atoms with Gasteiger partial charge in [0.25, 0.3) is 0 Å². The van der Waals surface area contributed by atoms with Gasteiger partial charge in [-0.2, -0.15) is 0 Å². The van der Waals surface area contributed by atoms with E-state index in [-0.39, 0.29) is 11.1 Å². The molecule has 0 saturated heterocycles. The summed E-state index contributed by atoms with van der Waals surface area (Å²) in [7, 11) is 0. The highest BCUT2D eigenvalue weighted by molar-refractivity contribution is 6.30. The van der Waals surface area contributed by atoms with Gasteiger partial charge in [0, 0.05) is 12.1 Å². The molecular formula is C16H15ClF3N. The van der Waals surface area contributed by atoms with Crippen LogP contribution < -0.4 is 5.32 Å². The van der Waals surface area contributed by atoms with E-state index in [2.05, 4.69) is 5.32 Å². The Bertz CT molecular complexity index is 631. The van der Waals surface area contributed by atoms with Crippen LogP contribution >= 0.6 is 11.6 Å². The summed E-state index contributed by atoms with van der Waals surface area (Å²) in [6.07, 6.45) is 0.293. The van der Waals surface area contributed by atoms with Crippen LogP contribution in [0.5, 0.6) is 0 Å². The molecule has 5 heteroatoms. The van der Waals surface area contributed by atoms with E-state index in [4.69, 9.17) is 11.6 Å². The molecule has 0 saturated carbocycles. The quantitative estimate of drug-likeness (QED) is 0.847. The smallest absolute Gasteiger partial charge is 0.142 e. The summed E-state index contributed by atoms with van der Waals surface area (Å²) >= 11 is 5.67. The van der Waals surface area contributed by atoms with Crippen LogP contribution in [0.4, 0.5) is 13.2 Å². The molecular weight excluding hydrogens is 299 g/mol. The molecule has 2 aromatic rings. The van der Waals surface area contributed by atoms with Crippen LogP contribution in [0.2, 0.25) is 5.02 Å². The summed E-state index contributed by atoms with van der Waals surface area (Å²) in [5.41, 5.74) is 1.04. The van der Waals surface area contributed by atoms with Gasteiger partial charge in [0.15, 0.2) is 0 Å². The molecule has 0 heterocycles. The molecule has 2 aromatic carbocycles. The number of nitrogens with one attached hydrogen (secondary N) is 1. The average Bonchev–Trinajstić information content (AvgIpc) is 2.44.